The molecule has 13 heavy (non-hydrogen) atoms. The van der Waals surface area contributed by atoms with Gasteiger partial charge in [-0.2, -0.15) is 0 Å². The maximum Gasteiger partial charge on any atom is 0.224 e. The molecule has 2 atom stereocenters. The number of carbonyl (C=O) groups is 2. The number of halogens is 2. The minimum absolute atomic E-state index is 0.0670. The van der Waals surface area contributed by atoms with Crippen molar-refractivity contribution in [2.75, 3.05) is 0 Å². The minimum atomic E-state index is -0.275. The van der Waals surface area contributed by atoms with Gasteiger partial charge in [0.25, 0.3) is 0 Å². The van der Waals surface area contributed by atoms with Crippen molar-refractivity contribution >= 4 is 33.7 Å². The molecule has 0 saturated heterocycles. The van der Waals surface area contributed by atoms with Crippen LogP contribution >= 0.6 is 23.2 Å². The summed E-state index contributed by atoms with van der Waals surface area (Å²) in [5, 5.41) is -0.551. The molecule has 0 aliphatic heterocycles. The van der Waals surface area contributed by atoms with Gasteiger partial charge >= 0.3 is 0 Å². The van der Waals surface area contributed by atoms with Gasteiger partial charge in [0.05, 0.1) is 0 Å². The molecule has 1 saturated carbocycles. The van der Waals surface area contributed by atoms with E-state index in [1.807, 2.05) is 0 Å². The van der Waals surface area contributed by atoms with Crippen LogP contribution in [0.1, 0.15) is 32.1 Å². The molecule has 0 bridgehead atoms. The first-order valence-corrected chi connectivity index (χ1v) is 5.25. The van der Waals surface area contributed by atoms with E-state index in [1.165, 1.54) is 0 Å². The number of hydrogen-bond donors (Lipinski definition) is 0. The fourth-order valence-electron chi connectivity index (χ4n) is 1.76. The van der Waals surface area contributed by atoms with E-state index in [-0.39, 0.29) is 22.3 Å². The summed E-state index contributed by atoms with van der Waals surface area (Å²) in [4.78, 5) is 21.8. The van der Waals surface area contributed by atoms with Gasteiger partial charge in [-0.15, -0.1) is 0 Å². The van der Waals surface area contributed by atoms with Gasteiger partial charge in [0, 0.05) is 11.8 Å². The van der Waals surface area contributed by atoms with Crippen molar-refractivity contribution in [3.63, 3.8) is 0 Å². The van der Waals surface area contributed by atoms with Crippen LogP contribution in [0.4, 0.5) is 0 Å². The SMILES string of the molecule is O=C(Cl)C1CCCC(C(=O)Cl)CC1. The van der Waals surface area contributed by atoms with Crippen LogP contribution in [0.15, 0.2) is 0 Å². The quantitative estimate of drug-likeness (QED) is 0.532. The molecule has 1 aliphatic rings. The fraction of sp³-hybridized carbons (Fsp3) is 0.778. The van der Waals surface area contributed by atoms with Crippen molar-refractivity contribution in [2.24, 2.45) is 11.8 Å². The molecular weight excluding hydrogens is 211 g/mol. The number of carbonyl (C=O) groups excluding carboxylic acids is 2. The maximum atomic E-state index is 10.9. The molecule has 0 amide bonds. The summed E-state index contributed by atoms with van der Waals surface area (Å²) in [6.45, 7) is 0. The first-order valence-electron chi connectivity index (χ1n) is 4.50. The summed E-state index contributed by atoms with van der Waals surface area (Å²) in [7, 11) is 0. The molecule has 2 unspecified atom stereocenters. The van der Waals surface area contributed by atoms with Crippen LogP contribution in [-0.4, -0.2) is 10.5 Å². The van der Waals surface area contributed by atoms with Crippen molar-refractivity contribution in [3.05, 3.63) is 0 Å². The molecule has 1 fully saturated rings. The van der Waals surface area contributed by atoms with Crippen LogP contribution in [0.25, 0.3) is 0 Å². The Labute approximate surface area is 87.6 Å². The highest BCUT2D eigenvalue weighted by molar-refractivity contribution is 6.64. The van der Waals surface area contributed by atoms with E-state index in [1.54, 1.807) is 0 Å². The van der Waals surface area contributed by atoms with Crippen LogP contribution in [0.2, 0.25) is 0 Å². The van der Waals surface area contributed by atoms with Crippen LogP contribution in [0.3, 0.4) is 0 Å². The Hall–Kier alpha value is -0.0800. The molecule has 2 nitrogen and oxygen atoms in total. The third-order valence-corrected chi connectivity index (χ3v) is 3.23. The standard InChI is InChI=1S/C9H12Cl2O2/c10-8(12)6-2-1-3-7(5-4-6)9(11)13/h6-7H,1-5H2. The van der Waals surface area contributed by atoms with Gasteiger partial charge in [-0.25, -0.2) is 0 Å². The zero-order chi connectivity index (χ0) is 9.84. The highest BCUT2D eigenvalue weighted by atomic mass is 35.5. The Morgan fingerprint density at radius 1 is 0.846 bits per heavy atom. The second kappa shape index (κ2) is 4.97. The molecule has 0 N–H and O–H groups in total. The summed E-state index contributed by atoms with van der Waals surface area (Å²) in [5.74, 6) is -0.134. The van der Waals surface area contributed by atoms with E-state index < -0.39 is 0 Å². The van der Waals surface area contributed by atoms with E-state index in [0.29, 0.717) is 12.8 Å². The first kappa shape index (κ1) is 11.0. The lowest BCUT2D eigenvalue weighted by molar-refractivity contribution is -0.117. The third kappa shape index (κ3) is 3.28. The highest BCUT2D eigenvalue weighted by Gasteiger charge is 2.25. The summed E-state index contributed by atoms with van der Waals surface area (Å²) in [6, 6.07) is 0. The van der Waals surface area contributed by atoms with Gasteiger partial charge in [-0.05, 0) is 48.9 Å². The van der Waals surface area contributed by atoms with Crippen LogP contribution in [0, 0.1) is 11.8 Å². The Morgan fingerprint density at radius 2 is 1.23 bits per heavy atom. The van der Waals surface area contributed by atoms with Gasteiger partial charge in [0.2, 0.25) is 10.5 Å². The third-order valence-electron chi connectivity index (χ3n) is 2.61. The van der Waals surface area contributed by atoms with Crippen LogP contribution in [0.5, 0.6) is 0 Å². The molecule has 0 aromatic rings. The van der Waals surface area contributed by atoms with Crippen LogP contribution in [-0.2, 0) is 9.59 Å². The fourth-order valence-corrected chi connectivity index (χ4v) is 2.19. The number of hydrogen-bond acceptors (Lipinski definition) is 2. The van der Waals surface area contributed by atoms with Gasteiger partial charge in [0.15, 0.2) is 0 Å². The predicted octanol–water partition coefficient (Wildman–Crippen LogP) is 2.71. The van der Waals surface area contributed by atoms with Gasteiger partial charge in [0.1, 0.15) is 0 Å². The van der Waals surface area contributed by atoms with Gasteiger partial charge < -0.3 is 0 Å². The van der Waals surface area contributed by atoms with Crippen molar-refractivity contribution in [1.29, 1.82) is 0 Å². The average Bonchev–Trinajstić information content (AvgIpc) is 2.27. The summed E-state index contributed by atoms with van der Waals surface area (Å²) >= 11 is 10.8. The molecule has 0 heterocycles. The van der Waals surface area contributed by atoms with E-state index in [0.717, 1.165) is 19.3 Å². The Balaban J connectivity index is 2.48. The normalized spacial score (nSPS) is 29.4. The highest BCUT2D eigenvalue weighted by Crippen LogP contribution is 2.29. The topological polar surface area (TPSA) is 34.1 Å². The lowest BCUT2D eigenvalue weighted by Crippen LogP contribution is -2.09. The molecule has 0 aromatic heterocycles. The molecule has 0 radical (unpaired) electrons. The summed E-state index contributed by atoms with van der Waals surface area (Å²) in [6.07, 6.45) is 3.86. The summed E-state index contributed by atoms with van der Waals surface area (Å²) in [5.41, 5.74) is 0. The lowest BCUT2D eigenvalue weighted by Gasteiger charge is -2.08. The first-order chi connectivity index (χ1) is 6.11. The molecular formula is C9H12Cl2O2. The van der Waals surface area contributed by atoms with E-state index in [9.17, 15) is 9.59 Å². The minimum Gasteiger partial charge on any atom is -0.281 e. The van der Waals surface area contributed by atoms with E-state index in [2.05, 4.69) is 0 Å². The average molecular weight is 223 g/mol. The molecule has 1 aliphatic carbocycles. The van der Waals surface area contributed by atoms with Gasteiger partial charge in [-0.1, -0.05) is 6.42 Å². The largest absolute Gasteiger partial charge is 0.281 e. The lowest BCUT2D eigenvalue weighted by atomic mass is 10.00. The van der Waals surface area contributed by atoms with Crippen molar-refractivity contribution < 1.29 is 9.59 Å². The smallest absolute Gasteiger partial charge is 0.224 e. The number of rotatable bonds is 2. The molecule has 1 rings (SSSR count). The molecule has 0 spiro atoms. The van der Waals surface area contributed by atoms with Crippen molar-refractivity contribution in [1.82, 2.24) is 0 Å². The Bertz CT molecular complexity index is 194. The van der Waals surface area contributed by atoms with Crippen molar-refractivity contribution in [3.8, 4) is 0 Å². The Kier molecular flexibility index (Phi) is 4.20. The predicted molar refractivity (Wildman–Crippen MR) is 51.8 cm³/mol. The second-order valence-corrected chi connectivity index (χ2v) is 4.26. The van der Waals surface area contributed by atoms with E-state index in [4.69, 9.17) is 23.2 Å². The van der Waals surface area contributed by atoms with Crippen molar-refractivity contribution in [2.45, 2.75) is 32.1 Å². The Morgan fingerprint density at radius 3 is 1.54 bits per heavy atom. The zero-order valence-corrected chi connectivity index (χ0v) is 8.77. The molecule has 74 valence electrons. The zero-order valence-electron chi connectivity index (χ0n) is 7.26. The van der Waals surface area contributed by atoms with Crippen LogP contribution < -0.4 is 0 Å². The van der Waals surface area contributed by atoms with E-state index >= 15 is 0 Å². The second-order valence-electron chi connectivity index (χ2n) is 3.51. The molecule has 0 aromatic carbocycles. The molecule has 4 heteroatoms. The monoisotopic (exact) mass is 222 g/mol. The van der Waals surface area contributed by atoms with Gasteiger partial charge in [-0.3, -0.25) is 9.59 Å². The summed E-state index contributed by atoms with van der Waals surface area (Å²) < 4.78 is 0. The maximum absolute atomic E-state index is 10.9.